The number of aromatic amines is 1. The van der Waals surface area contributed by atoms with Crippen LogP contribution in [0, 0.1) is 5.82 Å². The first kappa shape index (κ1) is 21.5. The summed E-state index contributed by atoms with van der Waals surface area (Å²) in [5.74, 6) is 0.124. The minimum absolute atomic E-state index is 0.0322. The van der Waals surface area contributed by atoms with Gasteiger partial charge in [-0.2, -0.15) is 0 Å². The van der Waals surface area contributed by atoms with E-state index in [9.17, 15) is 14.0 Å². The predicted octanol–water partition coefficient (Wildman–Crippen LogP) is 2.28. The smallest absolute Gasteiger partial charge is 0.269 e. The second kappa shape index (κ2) is 8.90. The number of piperazine rings is 1. The number of pyridine rings is 1. The summed E-state index contributed by atoms with van der Waals surface area (Å²) >= 11 is 0. The number of carbonyl (C=O) groups excluding carboxylic acids is 1. The summed E-state index contributed by atoms with van der Waals surface area (Å²) in [6.07, 6.45) is 4.71. The van der Waals surface area contributed by atoms with Crippen molar-refractivity contribution in [1.82, 2.24) is 25.2 Å². The molecule has 1 saturated carbocycles. The molecule has 2 fully saturated rings. The molecule has 0 spiro atoms. The molecule has 33 heavy (non-hydrogen) atoms. The Bertz CT molecular complexity index is 1220. The number of fused-ring (bicyclic) bond motifs is 1. The number of anilines is 1. The Morgan fingerprint density at radius 1 is 1.15 bits per heavy atom. The summed E-state index contributed by atoms with van der Waals surface area (Å²) in [6, 6.07) is 8.72. The molecule has 3 heterocycles. The highest BCUT2D eigenvalue weighted by Crippen LogP contribution is 2.36. The van der Waals surface area contributed by atoms with Crippen LogP contribution < -0.4 is 15.8 Å². The van der Waals surface area contributed by atoms with Crippen molar-refractivity contribution in [2.24, 2.45) is 0 Å². The van der Waals surface area contributed by atoms with E-state index in [1.807, 2.05) is 6.07 Å². The zero-order valence-corrected chi connectivity index (χ0v) is 18.6. The van der Waals surface area contributed by atoms with Crippen LogP contribution in [0.4, 0.5) is 10.1 Å². The van der Waals surface area contributed by atoms with E-state index in [-0.39, 0.29) is 17.2 Å². The average Bonchev–Trinajstić information content (AvgIpc) is 3.34. The van der Waals surface area contributed by atoms with E-state index < -0.39 is 11.4 Å². The summed E-state index contributed by atoms with van der Waals surface area (Å²) < 4.78 is 14.0. The fourth-order valence-corrected chi connectivity index (χ4v) is 5.08. The van der Waals surface area contributed by atoms with Crippen LogP contribution >= 0.6 is 0 Å². The molecule has 1 aliphatic carbocycles. The highest BCUT2D eigenvalue weighted by molar-refractivity contribution is 5.92. The lowest BCUT2D eigenvalue weighted by molar-refractivity contribution is 0.0958. The summed E-state index contributed by atoms with van der Waals surface area (Å²) in [7, 11) is 1.60. The van der Waals surface area contributed by atoms with Gasteiger partial charge in [0, 0.05) is 45.2 Å². The van der Waals surface area contributed by atoms with Crippen molar-refractivity contribution in [3.63, 3.8) is 0 Å². The summed E-state index contributed by atoms with van der Waals surface area (Å²) in [4.78, 5) is 40.6. The first-order valence-electron chi connectivity index (χ1n) is 11.4. The molecule has 5 rings (SSSR count). The van der Waals surface area contributed by atoms with Gasteiger partial charge in [0.15, 0.2) is 0 Å². The van der Waals surface area contributed by atoms with Gasteiger partial charge in [-0.3, -0.25) is 14.5 Å². The number of hydrogen-bond donors (Lipinski definition) is 2. The average molecular weight is 451 g/mol. The lowest BCUT2D eigenvalue weighted by Gasteiger charge is -2.39. The predicted molar refractivity (Wildman–Crippen MR) is 124 cm³/mol. The van der Waals surface area contributed by atoms with E-state index in [1.165, 1.54) is 6.07 Å². The number of carbonyl (C=O) groups is 1. The van der Waals surface area contributed by atoms with Gasteiger partial charge in [-0.15, -0.1) is 0 Å². The van der Waals surface area contributed by atoms with Gasteiger partial charge in [-0.25, -0.2) is 14.4 Å². The fraction of sp³-hybridized carbons (Fsp3) is 0.417. The van der Waals surface area contributed by atoms with E-state index in [2.05, 4.69) is 30.1 Å². The van der Waals surface area contributed by atoms with Gasteiger partial charge in [0.05, 0.1) is 17.4 Å². The van der Waals surface area contributed by atoms with Crippen LogP contribution in [-0.4, -0.2) is 65.0 Å². The Labute approximate surface area is 190 Å². The maximum Gasteiger partial charge on any atom is 0.269 e. The van der Waals surface area contributed by atoms with Gasteiger partial charge >= 0.3 is 0 Å². The van der Waals surface area contributed by atoms with Gasteiger partial charge in [0.25, 0.3) is 11.5 Å². The van der Waals surface area contributed by atoms with Crippen molar-refractivity contribution in [2.75, 3.05) is 38.1 Å². The van der Waals surface area contributed by atoms with E-state index >= 15 is 0 Å². The Morgan fingerprint density at radius 3 is 2.70 bits per heavy atom. The Morgan fingerprint density at radius 2 is 1.97 bits per heavy atom. The fourth-order valence-electron chi connectivity index (χ4n) is 5.08. The lowest BCUT2D eigenvalue weighted by Crippen LogP contribution is -2.49. The van der Waals surface area contributed by atoms with Crippen molar-refractivity contribution in [3.05, 3.63) is 64.2 Å². The minimum atomic E-state index is -0.534. The van der Waals surface area contributed by atoms with E-state index in [4.69, 9.17) is 0 Å². The highest BCUT2D eigenvalue weighted by Gasteiger charge is 2.33. The van der Waals surface area contributed by atoms with Gasteiger partial charge in [0.2, 0.25) is 0 Å². The van der Waals surface area contributed by atoms with Crippen LogP contribution in [0.5, 0.6) is 0 Å². The number of amides is 1. The number of hydrogen-bond acceptors (Lipinski definition) is 6. The molecule has 2 aliphatic rings. The highest BCUT2D eigenvalue weighted by atomic mass is 19.1. The maximum absolute atomic E-state index is 14.0. The first-order valence-corrected chi connectivity index (χ1v) is 11.4. The van der Waals surface area contributed by atoms with Crippen molar-refractivity contribution < 1.29 is 9.18 Å². The lowest BCUT2D eigenvalue weighted by atomic mass is 10.1. The van der Waals surface area contributed by atoms with Gasteiger partial charge in [0.1, 0.15) is 22.7 Å². The van der Waals surface area contributed by atoms with E-state index in [0.717, 1.165) is 51.1 Å². The van der Waals surface area contributed by atoms with Crippen LogP contribution in [0.15, 0.2) is 41.3 Å². The van der Waals surface area contributed by atoms with Gasteiger partial charge in [-0.05, 0) is 43.5 Å². The Hall–Kier alpha value is -3.33. The first-order chi connectivity index (χ1) is 16.0. The second-order valence-electron chi connectivity index (χ2n) is 8.75. The van der Waals surface area contributed by atoms with Crippen LogP contribution in [-0.2, 0) is 0 Å². The molecule has 2 atom stereocenters. The van der Waals surface area contributed by atoms with Crippen molar-refractivity contribution in [1.29, 1.82) is 0 Å². The molecular formula is C24H27FN6O2. The topological polar surface area (TPSA) is 94.2 Å². The maximum atomic E-state index is 14.0. The van der Waals surface area contributed by atoms with Crippen molar-refractivity contribution in [2.45, 2.75) is 31.2 Å². The molecule has 1 amide bonds. The largest absolute Gasteiger partial charge is 0.368 e. The van der Waals surface area contributed by atoms with Gasteiger partial charge < -0.3 is 15.2 Å². The zero-order valence-electron chi connectivity index (χ0n) is 18.6. The van der Waals surface area contributed by atoms with Crippen molar-refractivity contribution >= 4 is 22.5 Å². The number of halogens is 1. The molecule has 1 saturated heterocycles. The third-order valence-electron chi connectivity index (χ3n) is 6.90. The van der Waals surface area contributed by atoms with Gasteiger partial charge in [-0.1, -0.05) is 6.07 Å². The standard InChI is InChI=1S/C24H27FN6O2/c1-26-23(32)20-8-7-17(14-27-20)31-11-9-30(10-12-31)16-6-5-15(13-16)22-28-19-4-2-3-18(25)21(19)24(33)29-22/h2-4,7-8,14-16H,5-6,9-13H2,1H3,(H,26,32)(H,28,29,33). The molecule has 2 aromatic heterocycles. The molecule has 1 aromatic carbocycles. The monoisotopic (exact) mass is 450 g/mol. The molecular weight excluding hydrogens is 423 g/mol. The van der Waals surface area contributed by atoms with Crippen molar-refractivity contribution in [3.8, 4) is 0 Å². The molecule has 9 heteroatoms. The number of rotatable bonds is 4. The summed E-state index contributed by atoms with van der Waals surface area (Å²) in [5.41, 5.74) is 1.46. The Kier molecular flexibility index (Phi) is 5.80. The number of benzene rings is 1. The SMILES string of the molecule is CNC(=O)c1ccc(N2CCN(C3CCC(c4nc5cccc(F)c5c(=O)[nH]4)C3)CC2)cn1. The van der Waals surface area contributed by atoms with E-state index in [0.29, 0.717) is 23.1 Å². The molecule has 2 N–H and O–H groups in total. The number of aromatic nitrogens is 3. The molecule has 3 aromatic rings. The number of H-pyrrole nitrogens is 1. The molecule has 8 nitrogen and oxygen atoms in total. The minimum Gasteiger partial charge on any atom is -0.368 e. The zero-order chi connectivity index (χ0) is 22.9. The van der Waals surface area contributed by atoms with Crippen LogP contribution in [0.3, 0.4) is 0 Å². The molecule has 0 radical (unpaired) electrons. The van der Waals surface area contributed by atoms with Crippen LogP contribution in [0.1, 0.15) is 41.5 Å². The summed E-state index contributed by atoms with van der Waals surface area (Å²) in [5, 5.41) is 2.62. The number of nitrogens with zero attached hydrogens (tertiary/aromatic N) is 4. The normalized spacial score (nSPS) is 21.5. The van der Waals surface area contributed by atoms with Crippen LogP contribution in [0.25, 0.3) is 10.9 Å². The Balaban J connectivity index is 1.21. The second-order valence-corrected chi connectivity index (χ2v) is 8.75. The number of nitrogens with one attached hydrogen (secondary N) is 2. The van der Waals surface area contributed by atoms with E-state index in [1.54, 1.807) is 31.4 Å². The molecule has 172 valence electrons. The van der Waals surface area contributed by atoms with Crippen LogP contribution in [0.2, 0.25) is 0 Å². The molecule has 0 bridgehead atoms. The third-order valence-corrected chi connectivity index (χ3v) is 6.90. The molecule has 2 unspecified atom stereocenters. The molecule has 1 aliphatic heterocycles. The quantitative estimate of drug-likeness (QED) is 0.633. The third kappa shape index (κ3) is 4.20. The summed E-state index contributed by atoms with van der Waals surface area (Å²) in [6.45, 7) is 3.68.